The number of carbonyl (C=O) groups is 1. The minimum absolute atomic E-state index is 0.248. The van der Waals surface area contributed by atoms with Gasteiger partial charge in [0.25, 0.3) is 0 Å². The summed E-state index contributed by atoms with van der Waals surface area (Å²) in [6.07, 6.45) is 1.54. The van der Waals surface area contributed by atoms with Crippen molar-refractivity contribution in [2.75, 3.05) is 36.5 Å². The smallest absolute Gasteiger partial charge is 0.410 e. The second-order valence-corrected chi connectivity index (χ2v) is 6.13. The standard InChI is InChI=1S/C15H23N5O2/c1-15(2,3)22-14(21)20-9-7-19(8-10-20)12-5-6-13(17-11-12)18-16-4/h5-6,11H,4,7-10H2,1-3H3,(H,17,18). The van der Waals surface area contributed by atoms with Gasteiger partial charge in [0.2, 0.25) is 0 Å². The first-order chi connectivity index (χ1) is 10.4. The minimum Gasteiger partial charge on any atom is -0.444 e. The molecule has 1 amide bonds. The van der Waals surface area contributed by atoms with Crippen molar-refractivity contribution >= 4 is 24.3 Å². The number of carbonyl (C=O) groups excluding carboxylic acids is 1. The van der Waals surface area contributed by atoms with E-state index in [-0.39, 0.29) is 6.09 Å². The molecule has 1 fully saturated rings. The summed E-state index contributed by atoms with van der Waals surface area (Å²) >= 11 is 0. The molecule has 1 aromatic rings. The molecule has 1 aliphatic rings. The van der Waals surface area contributed by atoms with Crippen LogP contribution in [0.25, 0.3) is 0 Å². The van der Waals surface area contributed by atoms with Crippen LogP contribution < -0.4 is 10.3 Å². The van der Waals surface area contributed by atoms with Gasteiger partial charge in [0.15, 0.2) is 0 Å². The van der Waals surface area contributed by atoms with Crippen LogP contribution in [0, 0.1) is 0 Å². The molecule has 0 bridgehead atoms. The maximum absolute atomic E-state index is 12.0. The molecule has 0 aromatic carbocycles. The lowest BCUT2D eigenvalue weighted by molar-refractivity contribution is 0.0240. The second-order valence-electron chi connectivity index (χ2n) is 6.13. The van der Waals surface area contributed by atoms with Crippen LogP contribution in [0.3, 0.4) is 0 Å². The van der Waals surface area contributed by atoms with Crippen molar-refractivity contribution in [2.24, 2.45) is 5.10 Å². The second kappa shape index (κ2) is 6.64. The van der Waals surface area contributed by atoms with Crippen LogP contribution in [0.5, 0.6) is 0 Å². The molecule has 1 aromatic heterocycles. The monoisotopic (exact) mass is 305 g/mol. The van der Waals surface area contributed by atoms with Gasteiger partial charge in [-0.25, -0.2) is 9.78 Å². The Hall–Kier alpha value is -2.31. The molecule has 7 heteroatoms. The third kappa shape index (κ3) is 4.34. The fourth-order valence-electron chi connectivity index (χ4n) is 2.19. The Morgan fingerprint density at radius 2 is 2.00 bits per heavy atom. The summed E-state index contributed by atoms with van der Waals surface area (Å²) in [5.74, 6) is 0.658. The number of ether oxygens (including phenoxy) is 1. The van der Waals surface area contributed by atoms with Gasteiger partial charge >= 0.3 is 6.09 Å². The molecule has 2 rings (SSSR count). The molecule has 22 heavy (non-hydrogen) atoms. The van der Waals surface area contributed by atoms with Gasteiger partial charge in [-0.1, -0.05) is 0 Å². The number of hydrogen-bond acceptors (Lipinski definition) is 6. The number of piperazine rings is 1. The summed E-state index contributed by atoms with van der Waals surface area (Å²) < 4.78 is 5.39. The van der Waals surface area contributed by atoms with E-state index in [2.05, 4.69) is 27.1 Å². The number of rotatable bonds is 3. The molecular formula is C15H23N5O2. The Bertz CT molecular complexity index is 516. The van der Waals surface area contributed by atoms with E-state index in [4.69, 9.17) is 4.74 Å². The zero-order valence-electron chi connectivity index (χ0n) is 13.4. The zero-order valence-corrected chi connectivity index (χ0v) is 13.4. The summed E-state index contributed by atoms with van der Waals surface area (Å²) in [5, 5.41) is 3.57. The van der Waals surface area contributed by atoms with Crippen LogP contribution in [0.4, 0.5) is 16.3 Å². The van der Waals surface area contributed by atoms with Crippen molar-refractivity contribution in [3.8, 4) is 0 Å². The third-order valence-electron chi connectivity index (χ3n) is 3.24. The molecule has 120 valence electrons. The van der Waals surface area contributed by atoms with Crippen molar-refractivity contribution in [1.82, 2.24) is 9.88 Å². The van der Waals surface area contributed by atoms with Crippen LogP contribution >= 0.6 is 0 Å². The Balaban J connectivity index is 1.89. The van der Waals surface area contributed by atoms with Gasteiger partial charge in [-0.05, 0) is 32.9 Å². The number of pyridine rings is 1. The maximum Gasteiger partial charge on any atom is 0.410 e. The quantitative estimate of drug-likeness (QED) is 0.684. The van der Waals surface area contributed by atoms with Gasteiger partial charge in [-0.15, -0.1) is 0 Å². The van der Waals surface area contributed by atoms with Gasteiger partial charge < -0.3 is 14.5 Å². The molecule has 0 spiro atoms. The number of anilines is 2. The molecule has 1 saturated heterocycles. The molecule has 0 radical (unpaired) electrons. The molecule has 0 aliphatic carbocycles. The van der Waals surface area contributed by atoms with Gasteiger partial charge in [0, 0.05) is 32.9 Å². The van der Waals surface area contributed by atoms with E-state index in [1.807, 2.05) is 32.9 Å². The molecular weight excluding hydrogens is 282 g/mol. The molecule has 7 nitrogen and oxygen atoms in total. The molecule has 2 heterocycles. The number of hydrogen-bond donors (Lipinski definition) is 1. The van der Waals surface area contributed by atoms with Crippen LogP contribution in [-0.4, -0.2) is 54.5 Å². The molecule has 1 aliphatic heterocycles. The fraction of sp³-hybridized carbons (Fsp3) is 0.533. The summed E-state index contributed by atoms with van der Waals surface area (Å²) in [6, 6.07) is 3.83. The first-order valence-corrected chi connectivity index (χ1v) is 7.30. The lowest BCUT2D eigenvalue weighted by Crippen LogP contribution is -2.50. The van der Waals surface area contributed by atoms with Gasteiger partial charge in [0.05, 0.1) is 11.9 Å². The first kappa shape index (κ1) is 16.1. The topological polar surface area (TPSA) is 70.1 Å². The number of aromatic nitrogens is 1. The number of nitrogens with zero attached hydrogens (tertiary/aromatic N) is 4. The zero-order chi connectivity index (χ0) is 16.2. The lowest BCUT2D eigenvalue weighted by atomic mass is 10.2. The molecule has 0 unspecified atom stereocenters. The Morgan fingerprint density at radius 1 is 1.32 bits per heavy atom. The minimum atomic E-state index is -0.458. The molecule has 0 saturated carbocycles. The third-order valence-corrected chi connectivity index (χ3v) is 3.24. The van der Waals surface area contributed by atoms with Crippen LogP contribution in [0.15, 0.2) is 23.4 Å². The van der Waals surface area contributed by atoms with E-state index in [0.717, 1.165) is 18.8 Å². The highest BCUT2D eigenvalue weighted by Gasteiger charge is 2.25. The summed E-state index contributed by atoms with van der Waals surface area (Å²) in [6.45, 7) is 11.8. The largest absolute Gasteiger partial charge is 0.444 e. The van der Waals surface area contributed by atoms with Crippen molar-refractivity contribution < 1.29 is 9.53 Å². The maximum atomic E-state index is 12.0. The summed E-state index contributed by atoms with van der Waals surface area (Å²) in [4.78, 5) is 20.2. The van der Waals surface area contributed by atoms with Crippen LogP contribution in [-0.2, 0) is 4.74 Å². The molecule has 0 atom stereocenters. The Morgan fingerprint density at radius 3 is 2.50 bits per heavy atom. The van der Waals surface area contributed by atoms with Crippen molar-refractivity contribution in [3.05, 3.63) is 18.3 Å². The lowest BCUT2D eigenvalue weighted by Gasteiger charge is -2.36. The van der Waals surface area contributed by atoms with E-state index >= 15 is 0 Å². The highest BCUT2D eigenvalue weighted by Crippen LogP contribution is 2.18. The van der Waals surface area contributed by atoms with Gasteiger partial charge in [-0.2, -0.15) is 5.10 Å². The van der Waals surface area contributed by atoms with E-state index in [0.29, 0.717) is 18.9 Å². The highest BCUT2D eigenvalue weighted by atomic mass is 16.6. The SMILES string of the molecule is C=NNc1ccc(N2CCN(C(=O)OC(C)(C)C)CC2)cn1. The number of amides is 1. The molecule has 1 N–H and O–H groups in total. The van der Waals surface area contributed by atoms with E-state index in [1.54, 1.807) is 11.1 Å². The fourth-order valence-corrected chi connectivity index (χ4v) is 2.19. The number of nitrogens with one attached hydrogen (secondary N) is 1. The van der Waals surface area contributed by atoms with Crippen LogP contribution in [0.2, 0.25) is 0 Å². The van der Waals surface area contributed by atoms with Gasteiger partial charge in [0.1, 0.15) is 11.4 Å². The highest BCUT2D eigenvalue weighted by molar-refractivity contribution is 5.68. The van der Waals surface area contributed by atoms with Crippen molar-refractivity contribution in [2.45, 2.75) is 26.4 Å². The Kier molecular flexibility index (Phi) is 4.85. The average molecular weight is 305 g/mol. The van der Waals surface area contributed by atoms with E-state index < -0.39 is 5.60 Å². The van der Waals surface area contributed by atoms with Crippen molar-refractivity contribution in [1.29, 1.82) is 0 Å². The summed E-state index contributed by atoms with van der Waals surface area (Å²) in [5.41, 5.74) is 3.26. The summed E-state index contributed by atoms with van der Waals surface area (Å²) in [7, 11) is 0. The predicted molar refractivity (Wildman–Crippen MR) is 87.4 cm³/mol. The van der Waals surface area contributed by atoms with E-state index in [1.165, 1.54) is 0 Å². The Labute approximate surface area is 131 Å². The number of hydrazone groups is 1. The van der Waals surface area contributed by atoms with E-state index in [9.17, 15) is 4.79 Å². The average Bonchev–Trinajstić information content (AvgIpc) is 2.47. The normalized spacial score (nSPS) is 15.4. The van der Waals surface area contributed by atoms with Crippen molar-refractivity contribution in [3.63, 3.8) is 0 Å². The van der Waals surface area contributed by atoms with Gasteiger partial charge in [-0.3, -0.25) is 5.43 Å². The predicted octanol–water partition coefficient (Wildman–Crippen LogP) is 2.17. The first-order valence-electron chi connectivity index (χ1n) is 7.30. The van der Waals surface area contributed by atoms with Crippen LogP contribution in [0.1, 0.15) is 20.8 Å².